The van der Waals surface area contributed by atoms with Gasteiger partial charge in [-0.2, -0.15) is 24.2 Å². The summed E-state index contributed by atoms with van der Waals surface area (Å²) in [5, 5.41) is 10.7. The number of aryl methyl sites for hydroxylation is 1. The Bertz CT molecular complexity index is 1080. The standard InChI is InChI=1S/C18H16F2N6O/c1-10-16(24-25-23-10)12-7-14-17(26(9-22-14)18(19)20)15(8-12)27-11(2)13-5-3-4-6-21-13/h3-9,11,18H,1-2H3,(H,23,24,25)/t11-/m1/s1. The van der Waals surface area contributed by atoms with Crippen molar-refractivity contribution in [2.45, 2.75) is 26.5 Å². The summed E-state index contributed by atoms with van der Waals surface area (Å²) < 4.78 is 33.7. The number of ether oxygens (including phenoxy) is 1. The Kier molecular flexibility index (Phi) is 4.27. The highest BCUT2D eigenvalue weighted by atomic mass is 19.3. The second-order valence-corrected chi connectivity index (χ2v) is 6.04. The number of pyridine rings is 1. The molecule has 3 aromatic heterocycles. The van der Waals surface area contributed by atoms with Gasteiger partial charge >= 0.3 is 6.55 Å². The van der Waals surface area contributed by atoms with Gasteiger partial charge in [0.25, 0.3) is 0 Å². The fourth-order valence-electron chi connectivity index (χ4n) is 2.93. The van der Waals surface area contributed by atoms with Crippen LogP contribution in [0.5, 0.6) is 5.75 Å². The van der Waals surface area contributed by atoms with Crippen LogP contribution in [0.3, 0.4) is 0 Å². The fraction of sp³-hybridized carbons (Fsp3) is 0.222. The van der Waals surface area contributed by atoms with E-state index in [1.165, 1.54) is 0 Å². The summed E-state index contributed by atoms with van der Waals surface area (Å²) in [4.78, 5) is 8.37. The molecule has 0 unspecified atom stereocenters. The van der Waals surface area contributed by atoms with Crippen LogP contribution in [-0.4, -0.2) is 29.9 Å². The minimum absolute atomic E-state index is 0.220. The lowest BCUT2D eigenvalue weighted by atomic mass is 10.1. The van der Waals surface area contributed by atoms with Gasteiger partial charge in [0, 0.05) is 11.8 Å². The predicted octanol–water partition coefficient (Wildman–Crippen LogP) is 4.06. The number of hydrogen-bond donors (Lipinski definition) is 1. The molecule has 1 N–H and O–H groups in total. The first-order valence-corrected chi connectivity index (χ1v) is 8.28. The van der Waals surface area contributed by atoms with Crippen molar-refractivity contribution in [3.05, 3.63) is 54.2 Å². The number of aromatic amines is 1. The molecule has 9 heteroatoms. The third-order valence-electron chi connectivity index (χ3n) is 4.25. The Labute approximate surface area is 153 Å². The molecule has 0 aliphatic rings. The van der Waals surface area contributed by atoms with Crippen LogP contribution < -0.4 is 4.74 Å². The van der Waals surface area contributed by atoms with E-state index < -0.39 is 12.7 Å². The Morgan fingerprint density at radius 1 is 1.15 bits per heavy atom. The molecule has 0 aliphatic heterocycles. The molecule has 138 valence electrons. The number of imidazole rings is 1. The summed E-state index contributed by atoms with van der Waals surface area (Å²) in [5.41, 5.74) is 3.27. The van der Waals surface area contributed by atoms with Crippen LogP contribution in [0.25, 0.3) is 22.3 Å². The van der Waals surface area contributed by atoms with Gasteiger partial charge in [0.05, 0.1) is 16.9 Å². The molecule has 0 saturated carbocycles. The van der Waals surface area contributed by atoms with Gasteiger partial charge in [0.1, 0.15) is 29.4 Å². The lowest BCUT2D eigenvalue weighted by molar-refractivity contribution is 0.0737. The lowest BCUT2D eigenvalue weighted by Crippen LogP contribution is -2.07. The zero-order valence-electron chi connectivity index (χ0n) is 14.6. The maximum absolute atomic E-state index is 13.4. The van der Waals surface area contributed by atoms with Crippen LogP contribution in [0.1, 0.15) is 31.0 Å². The molecule has 27 heavy (non-hydrogen) atoms. The monoisotopic (exact) mass is 370 g/mol. The van der Waals surface area contributed by atoms with Gasteiger partial charge in [0.2, 0.25) is 0 Å². The maximum atomic E-state index is 13.4. The Hall–Kier alpha value is -3.36. The minimum atomic E-state index is -2.73. The number of alkyl halides is 2. The van der Waals surface area contributed by atoms with Gasteiger partial charge in [-0.15, -0.1) is 0 Å². The SMILES string of the molecule is Cc1n[nH]nc1-c1cc(O[C@H](C)c2ccccn2)c2c(c1)ncn2C(F)F. The van der Waals surface area contributed by atoms with E-state index in [9.17, 15) is 8.78 Å². The van der Waals surface area contributed by atoms with Crippen molar-refractivity contribution >= 4 is 11.0 Å². The average molecular weight is 370 g/mol. The van der Waals surface area contributed by atoms with Gasteiger partial charge in [-0.25, -0.2) is 4.98 Å². The molecule has 0 fully saturated rings. The second kappa shape index (κ2) is 6.75. The quantitative estimate of drug-likeness (QED) is 0.573. The normalized spacial score (nSPS) is 12.6. The van der Waals surface area contributed by atoms with Crippen molar-refractivity contribution in [1.29, 1.82) is 0 Å². The molecule has 3 heterocycles. The molecule has 0 bridgehead atoms. The van der Waals surface area contributed by atoms with Crippen molar-refractivity contribution in [2.24, 2.45) is 0 Å². The van der Waals surface area contributed by atoms with Gasteiger partial charge in [-0.05, 0) is 38.1 Å². The van der Waals surface area contributed by atoms with E-state index in [4.69, 9.17) is 4.74 Å². The van der Waals surface area contributed by atoms with Crippen molar-refractivity contribution in [3.63, 3.8) is 0 Å². The number of halogens is 2. The molecule has 4 rings (SSSR count). The Morgan fingerprint density at radius 2 is 2.00 bits per heavy atom. The minimum Gasteiger partial charge on any atom is -0.482 e. The van der Waals surface area contributed by atoms with E-state index in [1.54, 1.807) is 31.3 Å². The number of nitrogens with one attached hydrogen (secondary N) is 1. The van der Waals surface area contributed by atoms with Gasteiger partial charge in [-0.1, -0.05) is 6.07 Å². The first-order chi connectivity index (χ1) is 13.0. The van der Waals surface area contributed by atoms with E-state index >= 15 is 0 Å². The first-order valence-electron chi connectivity index (χ1n) is 8.28. The van der Waals surface area contributed by atoms with Crippen LogP contribution in [-0.2, 0) is 0 Å². The van der Waals surface area contributed by atoms with Crippen molar-refractivity contribution in [1.82, 2.24) is 29.9 Å². The number of rotatable bonds is 5. The molecule has 0 aliphatic carbocycles. The zero-order chi connectivity index (χ0) is 19.0. The van der Waals surface area contributed by atoms with E-state index in [1.807, 2.05) is 19.1 Å². The van der Waals surface area contributed by atoms with E-state index in [0.717, 1.165) is 10.9 Å². The van der Waals surface area contributed by atoms with Crippen LogP contribution in [0.4, 0.5) is 8.78 Å². The molecule has 7 nitrogen and oxygen atoms in total. The zero-order valence-corrected chi connectivity index (χ0v) is 14.6. The number of nitrogens with zero attached hydrogens (tertiary/aromatic N) is 5. The molecule has 0 saturated heterocycles. The predicted molar refractivity (Wildman–Crippen MR) is 94.4 cm³/mol. The molecular weight excluding hydrogens is 354 g/mol. The van der Waals surface area contributed by atoms with Gasteiger partial charge < -0.3 is 4.74 Å². The van der Waals surface area contributed by atoms with Crippen LogP contribution in [0, 0.1) is 6.92 Å². The smallest absolute Gasteiger partial charge is 0.320 e. The molecule has 4 aromatic rings. The summed E-state index contributed by atoms with van der Waals surface area (Å²) >= 11 is 0. The number of fused-ring (bicyclic) bond motifs is 1. The molecule has 0 amide bonds. The number of hydrogen-bond acceptors (Lipinski definition) is 5. The van der Waals surface area contributed by atoms with Gasteiger partial charge in [0.15, 0.2) is 0 Å². The van der Waals surface area contributed by atoms with Crippen LogP contribution in [0.2, 0.25) is 0 Å². The average Bonchev–Trinajstić information content (AvgIpc) is 3.28. The third-order valence-corrected chi connectivity index (χ3v) is 4.25. The van der Waals surface area contributed by atoms with Crippen molar-refractivity contribution in [2.75, 3.05) is 0 Å². The molecule has 1 aromatic carbocycles. The summed E-state index contributed by atoms with van der Waals surface area (Å²) in [7, 11) is 0. The Balaban J connectivity index is 1.85. The van der Waals surface area contributed by atoms with Crippen molar-refractivity contribution < 1.29 is 13.5 Å². The highest BCUT2D eigenvalue weighted by Crippen LogP contribution is 2.36. The van der Waals surface area contributed by atoms with Gasteiger partial charge in [-0.3, -0.25) is 9.55 Å². The summed E-state index contributed by atoms with van der Waals surface area (Å²) in [5.74, 6) is 0.279. The third kappa shape index (κ3) is 3.12. The topological polar surface area (TPSA) is 81.5 Å². The summed E-state index contributed by atoms with van der Waals surface area (Å²) in [6, 6.07) is 8.83. The largest absolute Gasteiger partial charge is 0.482 e. The number of aromatic nitrogens is 6. The van der Waals surface area contributed by atoms with E-state index in [2.05, 4.69) is 25.4 Å². The van der Waals surface area contributed by atoms with Crippen molar-refractivity contribution in [3.8, 4) is 17.0 Å². The Morgan fingerprint density at radius 3 is 2.67 bits per heavy atom. The number of H-pyrrole nitrogens is 1. The molecular formula is C18H16F2N6O. The highest BCUT2D eigenvalue weighted by molar-refractivity contribution is 5.87. The van der Waals surface area contributed by atoms with E-state index in [-0.39, 0.29) is 11.3 Å². The fourth-order valence-corrected chi connectivity index (χ4v) is 2.93. The summed E-state index contributed by atoms with van der Waals surface area (Å²) in [6.45, 7) is 0.880. The van der Waals surface area contributed by atoms with Crippen LogP contribution >= 0.6 is 0 Å². The molecule has 0 spiro atoms. The molecule has 0 radical (unpaired) electrons. The number of benzene rings is 1. The summed E-state index contributed by atoms with van der Waals surface area (Å²) in [6.07, 6.45) is 2.32. The first kappa shape index (κ1) is 17.1. The maximum Gasteiger partial charge on any atom is 0.320 e. The lowest BCUT2D eigenvalue weighted by Gasteiger charge is -2.17. The van der Waals surface area contributed by atoms with E-state index in [0.29, 0.717) is 28.2 Å². The second-order valence-electron chi connectivity index (χ2n) is 6.04. The molecule has 1 atom stereocenters. The highest BCUT2D eigenvalue weighted by Gasteiger charge is 2.20. The van der Waals surface area contributed by atoms with Crippen LogP contribution in [0.15, 0.2) is 42.9 Å².